The van der Waals surface area contributed by atoms with Crippen molar-refractivity contribution in [3.63, 3.8) is 0 Å². The van der Waals surface area contributed by atoms with Crippen molar-refractivity contribution in [3.05, 3.63) is 24.2 Å². The molecule has 98 valence electrons. The average Bonchev–Trinajstić information content (AvgIpc) is 2.88. The smallest absolute Gasteiger partial charge is 0.192 e. The number of furan rings is 1. The Bertz CT molecular complexity index is 273. The zero-order chi connectivity index (χ0) is 12.6. The predicted octanol–water partition coefficient (Wildman–Crippen LogP) is 3.82. The molecule has 17 heavy (non-hydrogen) atoms. The van der Waals surface area contributed by atoms with Crippen molar-refractivity contribution >= 4 is 8.32 Å². The van der Waals surface area contributed by atoms with E-state index in [9.17, 15) is 0 Å². The molecule has 0 bridgehead atoms. The van der Waals surface area contributed by atoms with Crippen LogP contribution in [0.1, 0.15) is 26.5 Å². The van der Waals surface area contributed by atoms with Crippen molar-refractivity contribution in [3.8, 4) is 0 Å². The summed E-state index contributed by atoms with van der Waals surface area (Å²) >= 11 is 0. The summed E-state index contributed by atoms with van der Waals surface area (Å²) in [5.74, 6) is 0.870. The van der Waals surface area contributed by atoms with Crippen molar-refractivity contribution in [2.24, 2.45) is 0 Å². The van der Waals surface area contributed by atoms with Gasteiger partial charge in [-0.1, -0.05) is 20.8 Å². The van der Waals surface area contributed by atoms with Gasteiger partial charge in [0.05, 0.1) is 19.5 Å². The molecule has 0 saturated carbocycles. The summed E-state index contributed by atoms with van der Waals surface area (Å²) in [5, 5.41) is 0. The SMILES string of the molecule is CC[Si](CC)(CC)OCCOCc1ccco1. The normalized spacial score (nSPS) is 11.9. The molecule has 1 aromatic rings. The summed E-state index contributed by atoms with van der Waals surface area (Å²) in [6.07, 6.45) is 1.67. The molecule has 0 spiro atoms. The Morgan fingerprint density at radius 1 is 1.12 bits per heavy atom. The van der Waals surface area contributed by atoms with Crippen LogP contribution in [-0.4, -0.2) is 21.5 Å². The first-order valence-corrected chi connectivity index (χ1v) is 9.03. The highest BCUT2D eigenvalue weighted by Crippen LogP contribution is 2.21. The zero-order valence-corrected chi connectivity index (χ0v) is 12.2. The van der Waals surface area contributed by atoms with E-state index in [0.717, 1.165) is 5.76 Å². The van der Waals surface area contributed by atoms with Crippen LogP contribution in [0.2, 0.25) is 18.1 Å². The largest absolute Gasteiger partial charge is 0.467 e. The van der Waals surface area contributed by atoms with Crippen molar-refractivity contribution < 1.29 is 13.6 Å². The van der Waals surface area contributed by atoms with Crippen LogP contribution in [0, 0.1) is 0 Å². The maximum absolute atomic E-state index is 6.08. The van der Waals surface area contributed by atoms with E-state index < -0.39 is 8.32 Å². The molecule has 0 aliphatic heterocycles. The van der Waals surface area contributed by atoms with Gasteiger partial charge in [-0.25, -0.2) is 0 Å². The molecule has 1 rings (SSSR count). The second-order valence-corrected chi connectivity index (χ2v) is 9.00. The summed E-state index contributed by atoms with van der Waals surface area (Å²) in [6.45, 7) is 8.61. The van der Waals surface area contributed by atoms with Crippen LogP contribution in [0.5, 0.6) is 0 Å². The van der Waals surface area contributed by atoms with Gasteiger partial charge in [-0.3, -0.25) is 0 Å². The third-order valence-electron chi connectivity index (χ3n) is 3.39. The standard InChI is InChI=1S/C13H24O3Si/c1-4-17(5-2,6-3)16-11-10-14-12-13-8-7-9-15-13/h7-9H,4-6,10-12H2,1-3H3. The van der Waals surface area contributed by atoms with E-state index >= 15 is 0 Å². The molecule has 0 unspecified atom stereocenters. The topological polar surface area (TPSA) is 31.6 Å². The van der Waals surface area contributed by atoms with Crippen LogP contribution in [-0.2, 0) is 15.8 Å². The van der Waals surface area contributed by atoms with Crippen LogP contribution in [0.3, 0.4) is 0 Å². The molecule has 0 fully saturated rings. The summed E-state index contributed by atoms with van der Waals surface area (Å²) in [5.41, 5.74) is 0. The lowest BCUT2D eigenvalue weighted by Gasteiger charge is -2.27. The Morgan fingerprint density at radius 3 is 2.35 bits per heavy atom. The summed E-state index contributed by atoms with van der Waals surface area (Å²) in [4.78, 5) is 0. The van der Waals surface area contributed by atoms with Gasteiger partial charge < -0.3 is 13.6 Å². The zero-order valence-electron chi connectivity index (χ0n) is 11.2. The fourth-order valence-corrected chi connectivity index (χ4v) is 4.57. The lowest BCUT2D eigenvalue weighted by molar-refractivity contribution is 0.0751. The van der Waals surface area contributed by atoms with E-state index in [1.807, 2.05) is 12.1 Å². The minimum atomic E-state index is -1.44. The van der Waals surface area contributed by atoms with Crippen molar-refractivity contribution in [2.45, 2.75) is 45.5 Å². The molecule has 0 amide bonds. The van der Waals surface area contributed by atoms with Gasteiger partial charge in [0.25, 0.3) is 0 Å². The van der Waals surface area contributed by atoms with Gasteiger partial charge in [0.1, 0.15) is 12.4 Å². The van der Waals surface area contributed by atoms with Crippen LogP contribution in [0.4, 0.5) is 0 Å². The number of hydrogen-bond donors (Lipinski definition) is 0. The lowest BCUT2D eigenvalue weighted by Crippen LogP contribution is -2.36. The first-order chi connectivity index (χ1) is 8.26. The second kappa shape index (κ2) is 7.69. The van der Waals surface area contributed by atoms with E-state index in [1.165, 1.54) is 18.1 Å². The Kier molecular flexibility index (Phi) is 6.55. The van der Waals surface area contributed by atoms with E-state index in [4.69, 9.17) is 13.6 Å². The number of ether oxygens (including phenoxy) is 1. The minimum Gasteiger partial charge on any atom is -0.467 e. The Hall–Kier alpha value is -0.583. The first-order valence-electron chi connectivity index (χ1n) is 6.50. The average molecular weight is 256 g/mol. The lowest BCUT2D eigenvalue weighted by atomic mass is 10.5. The third-order valence-corrected chi connectivity index (χ3v) is 8.08. The van der Waals surface area contributed by atoms with Gasteiger partial charge in [0.2, 0.25) is 0 Å². The van der Waals surface area contributed by atoms with Gasteiger partial charge in [0, 0.05) is 0 Å². The van der Waals surface area contributed by atoms with Crippen molar-refractivity contribution in [1.82, 2.24) is 0 Å². The first kappa shape index (κ1) is 14.5. The summed E-state index contributed by atoms with van der Waals surface area (Å²) in [6, 6.07) is 7.37. The molecule has 0 saturated heterocycles. The highest BCUT2D eigenvalue weighted by atomic mass is 28.4. The Morgan fingerprint density at radius 2 is 1.82 bits per heavy atom. The van der Waals surface area contributed by atoms with Crippen LogP contribution in [0.25, 0.3) is 0 Å². The van der Waals surface area contributed by atoms with Gasteiger partial charge in [-0.15, -0.1) is 0 Å². The van der Waals surface area contributed by atoms with E-state index in [-0.39, 0.29) is 0 Å². The van der Waals surface area contributed by atoms with Crippen molar-refractivity contribution in [1.29, 1.82) is 0 Å². The van der Waals surface area contributed by atoms with Crippen molar-refractivity contribution in [2.75, 3.05) is 13.2 Å². The number of hydrogen-bond acceptors (Lipinski definition) is 3. The maximum atomic E-state index is 6.08. The molecule has 0 aliphatic rings. The minimum absolute atomic E-state index is 0.537. The van der Waals surface area contributed by atoms with Gasteiger partial charge >= 0.3 is 0 Å². The monoisotopic (exact) mass is 256 g/mol. The van der Waals surface area contributed by atoms with Crippen LogP contribution >= 0.6 is 0 Å². The Labute approximate surface area is 105 Å². The molecule has 1 aromatic heterocycles. The van der Waals surface area contributed by atoms with Gasteiger partial charge in [-0.05, 0) is 30.3 Å². The molecule has 1 heterocycles. The molecule has 3 nitrogen and oxygen atoms in total. The molecule has 0 N–H and O–H groups in total. The van der Waals surface area contributed by atoms with Crippen LogP contribution in [0.15, 0.2) is 22.8 Å². The Balaban J connectivity index is 2.14. The summed E-state index contributed by atoms with van der Waals surface area (Å²) in [7, 11) is -1.44. The molecular formula is C13H24O3Si. The van der Waals surface area contributed by atoms with Gasteiger partial charge in [-0.2, -0.15) is 0 Å². The quantitative estimate of drug-likeness (QED) is 0.497. The third kappa shape index (κ3) is 4.65. The van der Waals surface area contributed by atoms with E-state index in [0.29, 0.717) is 19.8 Å². The highest BCUT2D eigenvalue weighted by molar-refractivity contribution is 6.73. The maximum Gasteiger partial charge on any atom is 0.192 e. The number of rotatable bonds is 9. The van der Waals surface area contributed by atoms with E-state index in [2.05, 4.69) is 20.8 Å². The fourth-order valence-electron chi connectivity index (χ4n) is 1.94. The predicted molar refractivity (Wildman–Crippen MR) is 71.5 cm³/mol. The second-order valence-electron chi connectivity index (χ2n) is 4.22. The fraction of sp³-hybridized carbons (Fsp3) is 0.692. The molecule has 4 heteroatoms. The van der Waals surface area contributed by atoms with Crippen LogP contribution < -0.4 is 0 Å². The summed E-state index contributed by atoms with van der Waals surface area (Å²) < 4.78 is 16.8. The molecular weight excluding hydrogens is 232 g/mol. The molecule has 0 aliphatic carbocycles. The molecule has 0 aromatic carbocycles. The van der Waals surface area contributed by atoms with E-state index in [1.54, 1.807) is 6.26 Å². The van der Waals surface area contributed by atoms with Gasteiger partial charge in [0.15, 0.2) is 8.32 Å². The highest BCUT2D eigenvalue weighted by Gasteiger charge is 2.28. The molecule has 0 radical (unpaired) electrons. The molecule has 0 atom stereocenters.